The van der Waals surface area contributed by atoms with E-state index < -0.39 is 0 Å². The summed E-state index contributed by atoms with van der Waals surface area (Å²) in [6.07, 6.45) is 0.813. The van der Waals surface area contributed by atoms with E-state index >= 15 is 0 Å². The van der Waals surface area contributed by atoms with Gasteiger partial charge in [-0.3, -0.25) is 4.79 Å². The number of hydrogen-bond donors (Lipinski definition) is 2. The molecule has 20 heavy (non-hydrogen) atoms. The predicted molar refractivity (Wildman–Crippen MR) is 81.1 cm³/mol. The first-order valence-corrected chi connectivity index (χ1v) is 7.24. The minimum Gasteiger partial charge on any atom is -0.377 e. The van der Waals surface area contributed by atoms with Crippen LogP contribution in [0.25, 0.3) is 0 Å². The van der Waals surface area contributed by atoms with Crippen molar-refractivity contribution < 1.29 is 9.53 Å². The topological polar surface area (TPSA) is 64.4 Å². The third-order valence-electron chi connectivity index (χ3n) is 3.27. The molecular formula is C16H26N2O2. The van der Waals surface area contributed by atoms with Crippen LogP contribution in [0.15, 0.2) is 30.3 Å². The molecule has 0 saturated carbocycles. The molecule has 0 radical (unpaired) electrons. The first kappa shape index (κ1) is 16.7. The van der Waals surface area contributed by atoms with E-state index in [1.54, 1.807) is 0 Å². The second-order valence-electron chi connectivity index (χ2n) is 5.27. The number of nitrogens with two attached hydrogens (primary N) is 1. The summed E-state index contributed by atoms with van der Waals surface area (Å²) in [6, 6.07) is 10.1. The van der Waals surface area contributed by atoms with E-state index in [-0.39, 0.29) is 17.7 Å². The van der Waals surface area contributed by atoms with Crippen molar-refractivity contribution in [3.63, 3.8) is 0 Å². The molecule has 4 nitrogen and oxygen atoms in total. The van der Waals surface area contributed by atoms with Crippen molar-refractivity contribution in [2.75, 3.05) is 19.7 Å². The Balaban J connectivity index is 2.09. The van der Waals surface area contributed by atoms with Gasteiger partial charge < -0.3 is 15.8 Å². The Morgan fingerprint density at radius 3 is 2.60 bits per heavy atom. The number of benzene rings is 1. The molecule has 0 bridgehead atoms. The summed E-state index contributed by atoms with van der Waals surface area (Å²) in [7, 11) is 0. The summed E-state index contributed by atoms with van der Waals surface area (Å²) in [5.74, 6) is 0.222. The average Bonchev–Trinajstić information content (AvgIpc) is 2.44. The van der Waals surface area contributed by atoms with Crippen LogP contribution in [0, 0.1) is 11.8 Å². The molecule has 1 amide bonds. The van der Waals surface area contributed by atoms with Gasteiger partial charge in [0.1, 0.15) is 0 Å². The molecule has 0 aromatic heterocycles. The van der Waals surface area contributed by atoms with Crippen LogP contribution in [0.1, 0.15) is 25.8 Å². The number of ether oxygens (including phenoxy) is 1. The minimum absolute atomic E-state index is 0.0468. The molecule has 0 fully saturated rings. The number of rotatable bonds is 9. The van der Waals surface area contributed by atoms with Crippen molar-refractivity contribution in [3.05, 3.63) is 35.9 Å². The van der Waals surface area contributed by atoms with Crippen LogP contribution >= 0.6 is 0 Å². The normalized spacial score (nSPS) is 12.4. The lowest BCUT2D eigenvalue weighted by atomic mass is 9.95. The number of hydrogen-bond acceptors (Lipinski definition) is 3. The Kier molecular flexibility index (Phi) is 7.92. The molecule has 1 aromatic rings. The highest BCUT2D eigenvalue weighted by atomic mass is 16.5. The Labute approximate surface area is 121 Å². The van der Waals surface area contributed by atoms with Crippen LogP contribution < -0.4 is 11.1 Å². The van der Waals surface area contributed by atoms with Gasteiger partial charge in [0, 0.05) is 19.7 Å². The third kappa shape index (κ3) is 6.17. The van der Waals surface area contributed by atoms with Crippen molar-refractivity contribution in [1.82, 2.24) is 5.32 Å². The number of nitrogens with one attached hydrogen (secondary N) is 1. The van der Waals surface area contributed by atoms with Gasteiger partial charge in [-0.25, -0.2) is 0 Å². The van der Waals surface area contributed by atoms with Gasteiger partial charge in [0.15, 0.2) is 0 Å². The Bertz CT molecular complexity index is 379. The average molecular weight is 278 g/mol. The van der Waals surface area contributed by atoms with Gasteiger partial charge in [-0.15, -0.1) is 0 Å². The van der Waals surface area contributed by atoms with Crippen LogP contribution in [0.5, 0.6) is 0 Å². The molecule has 1 rings (SSSR count). The second kappa shape index (κ2) is 9.50. The Morgan fingerprint density at radius 2 is 2.00 bits per heavy atom. The fraction of sp³-hybridized carbons (Fsp3) is 0.562. The largest absolute Gasteiger partial charge is 0.377 e. The van der Waals surface area contributed by atoms with Crippen molar-refractivity contribution >= 4 is 5.91 Å². The fourth-order valence-corrected chi connectivity index (χ4v) is 1.96. The van der Waals surface area contributed by atoms with E-state index in [4.69, 9.17) is 10.5 Å². The zero-order valence-electron chi connectivity index (χ0n) is 12.5. The minimum atomic E-state index is -0.0970. The molecular weight excluding hydrogens is 252 g/mol. The van der Waals surface area contributed by atoms with E-state index in [1.165, 1.54) is 5.56 Å². The van der Waals surface area contributed by atoms with Crippen LogP contribution in [0.2, 0.25) is 0 Å². The van der Waals surface area contributed by atoms with E-state index in [9.17, 15) is 4.79 Å². The third-order valence-corrected chi connectivity index (χ3v) is 3.27. The first-order chi connectivity index (χ1) is 9.65. The molecule has 0 heterocycles. The van der Waals surface area contributed by atoms with E-state index in [0.717, 1.165) is 6.42 Å². The quantitative estimate of drug-likeness (QED) is 0.679. The first-order valence-electron chi connectivity index (χ1n) is 7.24. The second-order valence-corrected chi connectivity index (χ2v) is 5.27. The maximum absolute atomic E-state index is 11.8. The molecule has 1 atom stereocenters. The van der Waals surface area contributed by atoms with Crippen molar-refractivity contribution in [2.24, 2.45) is 17.6 Å². The highest BCUT2D eigenvalue weighted by Gasteiger charge is 2.19. The fourth-order valence-electron chi connectivity index (χ4n) is 1.96. The van der Waals surface area contributed by atoms with E-state index in [2.05, 4.69) is 5.32 Å². The summed E-state index contributed by atoms with van der Waals surface area (Å²) in [6.45, 7) is 6.32. The summed E-state index contributed by atoms with van der Waals surface area (Å²) in [5.41, 5.74) is 6.77. The lowest BCUT2D eigenvalue weighted by Gasteiger charge is -2.18. The smallest absolute Gasteiger partial charge is 0.224 e. The number of amides is 1. The van der Waals surface area contributed by atoms with Crippen LogP contribution in [-0.4, -0.2) is 25.6 Å². The van der Waals surface area contributed by atoms with Crippen LogP contribution in [0.3, 0.4) is 0 Å². The summed E-state index contributed by atoms with van der Waals surface area (Å²) < 4.78 is 5.56. The zero-order valence-corrected chi connectivity index (χ0v) is 12.5. The van der Waals surface area contributed by atoms with Crippen molar-refractivity contribution in [3.8, 4) is 0 Å². The van der Waals surface area contributed by atoms with Gasteiger partial charge in [0.2, 0.25) is 5.91 Å². The van der Waals surface area contributed by atoms with Crippen molar-refractivity contribution in [1.29, 1.82) is 0 Å². The number of carbonyl (C=O) groups excluding carboxylic acids is 1. The highest BCUT2D eigenvalue weighted by Crippen LogP contribution is 2.08. The monoisotopic (exact) mass is 278 g/mol. The molecule has 1 aromatic carbocycles. The molecule has 0 aliphatic heterocycles. The van der Waals surface area contributed by atoms with Gasteiger partial charge in [-0.2, -0.15) is 0 Å². The summed E-state index contributed by atoms with van der Waals surface area (Å²) in [5, 5.41) is 2.91. The molecule has 3 N–H and O–H groups in total. The zero-order chi connectivity index (χ0) is 14.8. The number of carbonyl (C=O) groups is 1. The molecule has 1 unspecified atom stereocenters. The molecule has 0 saturated heterocycles. The summed E-state index contributed by atoms with van der Waals surface area (Å²) in [4.78, 5) is 11.8. The molecule has 0 aliphatic carbocycles. The van der Waals surface area contributed by atoms with Gasteiger partial charge in [0.25, 0.3) is 0 Å². The van der Waals surface area contributed by atoms with Crippen LogP contribution in [0.4, 0.5) is 0 Å². The highest BCUT2D eigenvalue weighted by molar-refractivity contribution is 5.79. The Hall–Kier alpha value is -1.39. The Morgan fingerprint density at radius 1 is 1.30 bits per heavy atom. The van der Waals surface area contributed by atoms with Crippen LogP contribution in [-0.2, 0) is 16.1 Å². The van der Waals surface area contributed by atoms with Gasteiger partial charge in [-0.05, 0) is 17.9 Å². The molecule has 4 heteroatoms. The van der Waals surface area contributed by atoms with Gasteiger partial charge >= 0.3 is 0 Å². The molecule has 0 spiro atoms. The standard InChI is InChI=1S/C16H26N2O2/c1-13(2)15(11-17)16(19)18-9-6-10-20-12-14-7-4-3-5-8-14/h3-5,7-8,13,15H,6,9-12,17H2,1-2H3,(H,18,19). The maximum Gasteiger partial charge on any atom is 0.224 e. The lowest BCUT2D eigenvalue weighted by Crippen LogP contribution is -2.38. The lowest BCUT2D eigenvalue weighted by molar-refractivity contribution is -0.126. The van der Waals surface area contributed by atoms with E-state index in [0.29, 0.717) is 26.3 Å². The molecule has 112 valence electrons. The maximum atomic E-state index is 11.8. The van der Waals surface area contributed by atoms with Gasteiger partial charge in [0.05, 0.1) is 12.5 Å². The molecule has 0 aliphatic rings. The summed E-state index contributed by atoms with van der Waals surface area (Å²) >= 11 is 0. The SMILES string of the molecule is CC(C)C(CN)C(=O)NCCCOCc1ccccc1. The van der Waals surface area contributed by atoms with Gasteiger partial charge in [-0.1, -0.05) is 44.2 Å². The van der Waals surface area contributed by atoms with Crippen molar-refractivity contribution in [2.45, 2.75) is 26.9 Å². The predicted octanol–water partition coefficient (Wildman–Crippen LogP) is 1.94. The van der Waals surface area contributed by atoms with E-state index in [1.807, 2.05) is 44.2 Å².